The van der Waals surface area contributed by atoms with Crippen molar-refractivity contribution >= 4 is 17.5 Å². The first-order valence-electron chi connectivity index (χ1n) is 9.96. The van der Waals surface area contributed by atoms with Crippen LogP contribution in [0.4, 0.5) is 5.69 Å². The Morgan fingerprint density at radius 1 is 1.10 bits per heavy atom. The molecule has 0 aliphatic carbocycles. The van der Waals surface area contributed by atoms with Crippen LogP contribution < -0.4 is 19.7 Å². The van der Waals surface area contributed by atoms with Crippen LogP contribution in [0.2, 0.25) is 0 Å². The molecule has 1 fully saturated rings. The van der Waals surface area contributed by atoms with Gasteiger partial charge in [0.2, 0.25) is 6.10 Å². The van der Waals surface area contributed by atoms with Crippen LogP contribution in [0.1, 0.15) is 5.56 Å². The second-order valence-electron chi connectivity index (χ2n) is 7.53. The number of piperazine rings is 1. The summed E-state index contributed by atoms with van der Waals surface area (Å²) in [7, 11) is 0. The summed E-state index contributed by atoms with van der Waals surface area (Å²) in [5.74, 6) is 1.22. The number of hydrogen-bond acceptors (Lipinski definition) is 4. The number of rotatable bonds is 4. The standard InChI is InChI=1S/C22H25N3O4/c1-16-5-4-6-17(13-16)23-21(26)14-24-9-11-25(12-10-24)22(27)20-15-28-18-7-2-3-8-19(18)29-20/h2-8,13,20H,9-12,14-15H2,1H3,(H,23,26)/p+1/t20-/m1/s1. The minimum absolute atomic E-state index is 0.00834. The zero-order valence-corrected chi connectivity index (χ0v) is 16.5. The van der Waals surface area contributed by atoms with Gasteiger partial charge in [-0.25, -0.2) is 0 Å². The minimum Gasteiger partial charge on any atom is -0.485 e. The highest BCUT2D eigenvalue weighted by atomic mass is 16.6. The molecule has 0 aromatic heterocycles. The molecule has 0 radical (unpaired) electrons. The van der Waals surface area contributed by atoms with Gasteiger partial charge in [0.25, 0.3) is 11.8 Å². The van der Waals surface area contributed by atoms with Gasteiger partial charge in [0.05, 0.1) is 26.2 Å². The first-order valence-corrected chi connectivity index (χ1v) is 9.96. The van der Waals surface area contributed by atoms with Crippen molar-refractivity contribution in [3.05, 3.63) is 54.1 Å². The summed E-state index contributed by atoms with van der Waals surface area (Å²) in [6.07, 6.45) is -0.615. The second-order valence-corrected chi connectivity index (χ2v) is 7.53. The number of quaternary nitrogens is 1. The summed E-state index contributed by atoms with van der Waals surface area (Å²) in [6.45, 7) is 5.29. The molecular formula is C22H26N3O4+. The van der Waals surface area contributed by atoms with Crippen molar-refractivity contribution in [2.45, 2.75) is 13.0 Å². The first kappa shape index (κ1) is 19.3. The molecule has 2 N–H and O–H groups in total. The fourth-order valence-corrected chi connectivity index (χ4v) is 3.72. The number of aryl methyl sites for hydroxylation is 1. The SMILES string of the molecule is Cc1cccc(NC(=O)C[NH+]2CCN(C(=O)[C@H]3COc4ccccc4O3)CC2)c1. The fraction of sp³-hybridized carbons (Fsp3) is 0.364. The predicted octanol–water partition coefficient (Wildman–Crippen LogP) is 0.501. The molecule has 0 bridgehead atoms. The number of anilines is 1. The number of carbonyl (C=O) groups is 2. The van der Waals surface area contributed by atoms with E-state index in [1.807, 2.05) is 60.4 Å². The zero-order chi connectivity index (χ0) is 20.2. The number of carbonyl (C=O) groups excluding carboxylic acids is 2. The van der Waals surface area contributed by atoms with E-state index >= 15 is 0 Å². The van der Waals surface area contributed by atoms with E-state index in [-0.39, 0.29) is 18.4 Å². The number of amides is 2. The van der Waals surface area contributed by atoms with Crippen molar-refractivity contribution < 1.29 is 24.0 Å². The molecule has 7 nitrogen and oxygen atoms in total. The number of fused-ring (bicyclic) bond motifs is 1. The van der Waals surface area contributed by atoms with Crippen molar-refractivity contribution in [3.63, 3.8) is 0 Å². The Bertz CT molecular complexity index is 893. The molecule has 2 aliphatic rings. The molecule has 0 spiro atoms. The lowest BCUT2D eigenvalue weighted by Gasteiger charge is -2.35. The molecule has 0 unspecified atom stereocenters. The maximum atomic E-state index is 12.8. The summed E-state index contributed by atoms with van der Waals surface area (Å²) in [4.78, 5) is 28.1. The summed E-state index contributed by atoms with van der Waals surface area (Å²) in [5.41, 5.74) is 1.93. The number of ether oxygens (including phenoxy) is 2. The Labute approximate surface area is 170 Å². The number of nitrogens with one attached hydrogen (secondary N) is 2. The van der Waals surface area contributed by atoms with Gasteiger partial charge in [-0.1, -0.05) is 24.3 Å². The van der Waals surface area contributed by atoms with E-state index in [4.69, 9.17) is 9.47 Å². The number of nitrogens with zero attached hydrogens (tertiary/aromatic N) is 1. The third kappa shape index (κ3) is 4.68. The van der Waals surface area contributed by atoms with Crippen LogP contribution in [0.3, 0.4) is 0 Å². The van der Waals surface area contributed by atoms with Crippen molar-refractivity contribution in [3.8, 4) is 11.5 Å². The fourth-order valence-electron chi connectivity index (χ4n) is 3.72. The van der Waals surface area contributed by atoms with Gasteiger partial charge in [0.15, 0.2) is 18.0 Å². The lowest BCUT2D eigenvalue weighted by Crippen LogP contribution is -3.15. The molecule has 152 valence electrons. The third-order valence-corrected chi connectivity index (χ3v) is 5.28. The summed E-state index contributed by atoms with van der Waals surface area (Å²) in [5, 5.41) is 2.95. The average molecular weight is 396 g/mol. The van der Waals surface area contributed by atoms with E-state index in [0.717, 1.165) is 24.3 Å². The molecule has 1 saturated heterocycles. The van der Waals surface area contributed by atoms with Crippen LogP contribution in [0.15, 0.2) is 48.5 Å². The van der Waals surface area contributed by atoms with Crippen molar-refractivity contribution in [1.82, 2.24) is 4.90 Å². The normalized spacial score (nSPS) is 18.9. The number of benzene rings is 2. The smallest absolute Gasteiger partial charge is 0.279 e. The van der Waals surface area contributed by atoms with Crippen LogP contribution in [-0.4, -0.2) is 62.1 Å². The Morgan fingerprint density at radius 2 is 1.86 bits per heavy atom. The maximum Gasteiger partial charge on any atom is 0.279 e. The predicted molar refractivity (Wildman–Crippen MR) is 108 cm³/mol. The van der Waals surface area contributed by atoms with Crippen LogP contribution in [-0.2, 0) is 9.59 Å². The monoisotopic (exact) mass is 396 g/mol. The molecule has 7 heteroatoms. The molecule has 4 rings (SSSR count). The van der Waals surface area contributed by atoms with Crippen LogP contribution in [0.25, 0.3) is 0 Å². The molecule has 1 atom stereocenters. The highest BCUT2D eigenvalue weighted by molar-refractivity contribution is 5.91. The largest absolute Gasteiger partial charge is 0.485 e. The Kier molecular flexibility index (Phi) is 5.67. The number of para-hydroxylation sites is 2. The van der Waals surface area contributed by atoms with E-state index in [0.29, 0.717) is 31.1 Å². The Morgan fingerprint density at radius 3 is 2.62 bits per heavy atom. The van der Waals surface area contributed by atoms with Crippen LogP contribution in [0, 0.1) is 6.92 Å². The quantitative estimate of drug-likeness (QED) is 0.790. The van der Waals surface area contributed by atoms with Gasteiger partial charge < -0.3 is 24.6 Å². The minimum atomic E-state index is -0.615. The summed E-state index contributed by atoms with van der Waals surface area (Å²) < 4.78 is 11.5. The molecule has 2 aromatic rings. The van der Waals surface area contributed by atoms with Crippen LogP contribution >= 0.6 is 0 Å². The molecular weight excluding hydrogens is 370 g/mol. The van der Waals surface area contributed by atoms with Crippen molar-refractivity contribution in [1.29, 1.82) is 0 Å². The van der Waals surface area contributed by atoms with Gasteiger partial charge in [0.1, 0.15) is 6.61 Å². The van der Waals surface area contributed by atoms with Gasteiger partial charge in [0, 0.05) is 5.69 Å². The third-order valence-electron chi connectivity index (χ3n) is 5.28. The van der Waals surface area contributed by atoms with Crippen LogP contribution in [0.5, 0.6) is 11.5 Å². The topological polar surface area (TPSA) is 72.3 Å². The average Bonchev–Trinajstić information content (AvgIpc) is 2.73. The van der Waals surface area contributed by atoms with Crippen molar-refractivity contribution in [2.24, 2.45) is 0 Å². The van der Waals surface area contributed by atoms with E-state index in [1.54, 1.807) is 0 Å². The van der Waals surface area contributed by atoms with Gasteiger partial charge in [-0.15, -0.1) is 0 Å². The van der Waals surface area contributed by atoms with E-state index in [2.05, 4.69) is 5.32 Å². The lowest BCUT2D eigenvalue weighted by atomic mass is 10.2. The zero-order valence-electron chi connectivity index (χ0n) is 16.5. The van der Waals surface area contributed by atoms with E-state index in [9.17, 15) is 9.59 Å². The molecule has 2 heterocycles. The van der Waals surface area contributed by atoms with Gasteiger partial charge in [-0.2, -0.15) is 0 Å². The first-order chi connectivity index (χ1) is 14.1. The summed E-state index contributed by atoms with van der Waals surface area (Å²) in [6, 6.07) is 15.1. The van der Waals surface area contributed by atoms with Crippen molar-refractivity contribution in [2.75, 3.05) is 44.6 Å². The Hall–Kier alpha value is -3.06. The molecule has 29 heavy (non-hydrogen) atoms. The number of hydrogen-bond donors (Lipinski definition) is 2. The van der Waals surface area contributed by atoms with Gasteiger partial charge in [-0.3, -0.25) is 9.59 Å². The Balaban J connectivity index is 1.25. The van der Waals surface area contributed by atoms with E-state index in [1.165, 1.54) is 4.90 Å². The second kappa shape index (κ2) is 8.53. The maximum absolute atomic E-state index is 12.8. The summed E-state index contributed by atoms with van der Waals surface area (Å²) >= 11 is 0. The van der Waals surface area contributed by atoms with E-state index < -0.39 is 6.10 Å². The molecule has 2 amide bonds. The van der Waals surface area contributed by atoms with Gasteiger partial charge in [-0.05, 0) is 36.8 Å². The molecule has 2 aliphatic heterocycles. The highest BCUT2D eigenvalue weighted by Gasteiger charge is 2.34. The highest BCUT2D eigenvalue weighted by Crippen LogP contribution is 2.31. The molecule has 2 aromatic carbocycles. The van der Waals surface area contributed by atoms with Gasteiger partial charge >= 0.3 is 0 Å². The molecule has 0 saturated carbocycles. The lowest BCUT2D eigenvalue weighted by molar-refractivity contribution is -0.895.